The van der Waals surface area contributed by atoms with Crippen LogP contribution in [0.5, 0.6) is 0 Å². The highest BCUT2D eigenvalue weighted by atomic mass is 32.7. The smallest absolute Gasteiger partial charge is 0.398 e. The van der Waals surface area contributed by atoms with Crippen molar-refractivity contribution in [1.29, 1.82) is 0 Å². The van der Waals surface area contributed by atoms with Gasteiger partial charge in [0.15, 0.2) is 105 Å². The van der Waals surface area contributed by atoms with E-state index in [-0.39, 0.29) is 124 Å². The largest absolute Gasteiger partial charge is 0.476 e. The molecule has 21 heterocycles. The highest BCUT2D eigenvalue weighted by Gasteiger charge is 2.59. The number of thioether (sulfide) groups is 2. The maximum absolute atomic E-state index is 16.1. The van der Waals surface area contributed by atoms with Crippen molar-refractivity contribution >= 4 is 237 Å². The Labute approximate surface area is 774 Å². The molecule has 9 aliphatic rings. The van der Waals surface area contributed by atoms with Gasteiger partial charge in [-0.25, -0.2) is 43.1 Å². The number of aromatic nitrogens is 22. The molecule has 12 aromatic heterocycles. The van der Waals surface area contributed by atoms with Crippen molar-refractivity contribution < 1.29 is 116 Å². The minimum Gasteiger partial charge on any atom is -0.398 e. The van der Waals surface area contributed by atoms with Crippen LogP contribution in [0.1, 0.15) is 54.9 Å². The van der Waals surface area contributed by atoms with Crippen molar-refractivity contribution in [2.45, 2.75) is 145 Å². The van der Waals surface area contributed by atoms with E-state index in [1.165, 1.54) is 82.4 Å². The zero-order valence-electron chi connectivity index (χ0n) is 66.4. The van der Waals surface area contributed by atoms with Crippen LogP contribution in [0.25, 0.3) is 66.9 Å². The number of nitrogens with zero attached hydrogens (tertiary/aromatic N) is 19. The molecule has 0 aliphatic carbocycles. The van der Waals surface area contributed by atoms with Crippen LogP contribution in [-0.2, 0) is 132 Å². The summed E-state index contributed by atoms with van der Waals surface area (Å²) in [6.45, 7) is -22.3. The van der Waals surface area contributed by atoms with Gasteiger partial charge in [-0.1, -0.05) is 10.4 Å². The van der Waals surface area contributed by atoms with Crippen LogP contribution in [-0.4, -0.2) is 267 Å². The fraction of sp³-hybridized carbons (Fsp3) is 0.484. The molecule has 6 bridgehead atoms. The molecule has 27 atom stereocenters. The van der Waals surface area contributed by atoms with Gasteiger partial charge in [-0.15, -0.1) is 33.7 Å². The average Bonchev–Trinajstić information content (AvgIpc) is 1.64. The molecule has 0 spiro atoms. The Hall–Kier alpha value is -6.72. The number of hydrogen-bond acceptors (Lipinski definition) is 47. The number of ether oxygens (including phenoxy) is 4. The predicted octanol–water partition coefficient (Wildman–Crippen LogP) is 2.72. The lowest BCUT2D eigenvalue weighted by Gasteiger charge is -2.27. The lowest BCUT2D eigenvalue weighted by atomic mass is 10.1. The number of nitrogens with one attached hydrogen (secondary N) is 3. The summed E-state index contributed by atoms with van der Waals surface area (Å²) in [6.07, 6.45) is -12.0. The minimum absolute atomic E-state index is 0.00694. The van der Waals surface area contributed by atoms with E-state index in [2.05, 4.69) is 92.7 Å². The van der Waals surface area contributed by atoms with Gasteiger partial charge in [0, 0.05) is 52.8 Å². The summed E-state index contributed by atoms with van der Waals surface area (Å²) in [6, 6.07) is 6.31. The maximum Gasteiger partial charge on any atom is 0.476 e. The molecule has 70 heteroatoms. The van der Waals surface area contributed by atoms with Crippen LogP contribution in [0.3, 0.4) is 0 Å². The number of rotatable bonds is 6. The Kier molecular flexibility index (Phi) is 26.1. The summed E-state index contributed by atoms with van der Waals surface area (Å²) in [5.41, 5.74) is 36.2. The van der Waals surface area contributed by atoms with Crippen LogP contribution in [0.4, 0.5) is 48.1 Å². The van der Waals surface area contributed by atoms with Crippen molar-refractivity contribution in [3.8, 4) is 0 Å². The number of pyridine rings is 3. The molecule has 21 N–H and O–H groups in total. The first-order valence-corrected chi connectivity index (χ1v) is 56.3. The van der Waals surface area contributed by atoms with E-state index in [4.69, 9.17) is 167 Å². The third-order valence-corrected chi connectivity index (χ3v) is 34.2. The number of anilines is 6. The fourth-order valence-corrected chi connectivity index (χ4v) is 28.0. The van der Waals surface area contributed by atoms with Gasteiger partial charge in [-0.2, -0.15) is 38.3 Å². The highest BCUT2D eigenvalue weighted by Crippen LogP contribution is 2.66. The van der Waals surface area contributed by atoms with Gasteiger partial charge in [-0.05, 0) is 96.1 Å². The van der Waals surface area contributed by atoms with Gasteiger partial charge in [0.2, 0.25) is 17.8 Å². The summed E-state index contributed by atoms with van der Waals surface area (Å²) in [5, 5.41) is 14.4. The predicted molar refractivity (Wildman–Crippen MR) is 482 cm³/mol. The zero-order valence-corrected chi connectivity index (χ0v) is 78.3. The molecule has 12 aromatic rings. The van der Waals surface area contributed by atoms with Crippen molar-refractivity contribution in [3.63, 3.8) is 0 Å². The molecule has 6 unspecified atom stereocenters. The summed E-state index contributed by atoms with van der Waals surface area (Å²) in [4.78, 5) is 148. The van der Waals surface area contributed by atoms with Crippen molar-refractivity contribution in [1.82, 2.24) is 108 Å². The molecule has 0 amide bonds. The third kappa shape index (κ3) is 19.0. The molecular weight excluding hydrogens is 2040 g/mol. The van der Waals surface area contributed by atoms with Gasteiger partial charge in [-0.3, -0.25) is 52.1 Å². The number of nitrogens with two attached hydrogens (primary N) is 6. The number of imidazole rings is 3. The maximum atomic E-state index is 16.1. The molecule has 9 saturated heterocycles. The molecule has 9 fully saturated rings. The SMILES string of the molecule is Nc1nc2c(ncn2[C@@H]2O[C@@H]3CO[P+](O)(S)O[C@H]4[C@H](F)[C@H](n5ccc6c(N)ccnc65)O[C@@H]4COP(O)(=S)O[C@@H]2C3)c(=O)[nH]1.Nc1nc2c(ncn2[C@@H]2S[C@@H]3COP(O)(=S)O[C@H]4[C@H](F)[C@H](n5nnc6c(N)ccnc65)O[C@@H]4COP(O)(=S)O[C@@H]2C3)c(=O)[nH]1.Nc1nc2c(ncn2[C@@H]2S[C@@H]3COP(O)(=S)O[C@H]4[C@H](F)[C@H](n5nnc6c(N)ccnc65)O[C@@H]4COP(O)(=S)O[C@@H]2C3)c(=O)[nH]1. The lowest BCUT2D eigenvalue weighted by Crippen LogP contribution is -2.34. The lowest BCUT2D eigenvalue weighted by molar-refractivity contribution is -0.0599. The summed E-state index contributed by atoms with van der Waals surface area (Å²) >= 11 is 33.2. The second-order valence-corrected chi connectivity index (χ2v) is 50.1. The topological polar surface area (TPSA) is 721 Å². The fourth-order valence-electron chi connectivity index (χ4n) is 15.9. The Bertz CT molecular complexity index is 6670. The van der Waals surface area contributed by atoms with Crippen LogP contribution in [0, 0.1) is 0 Å². The first-order valence-electron chi connectivity index (χ1n) is 38.8. The Morgan fingerprint density at radius 1 is 0.439 bits per heavy atom. The standard InChI is InChI=1S/C22H25FN8O9P2S2.2C20H23FN10O8P2S3/c23-14-16-13(38-21(14)30-4-2-10-11(24)1-3-26-17(10)30)7-36-41(33,43)39-12-5-9(6-35-42(34,44)40-16)37-20(12)31-8-27-15-18(31)28-22(25)29-19(15)32;2*21-11-14-10(37-18(11)31-15-12(28-29-31)8(22)1-2-24-15)5-36-40(33,42)38-9-3-7(4-35-41(34,43)39-14)44-19(9)30-6-25-13-16(30)26-20(23)27-17(13)32/h1-4,8-9,12-14,16,20-21,34,44H,5-7H2,(H5-,24,25,26,28,29,32,33,43);2*1-2,6-7,9-11,14,18-19H,3-5H2,(H2,22,24)(H,33,42)(H,34,43)(H3,23,26,27,32)/p+1/t9-,12+,13+,14-,16+,20+,21+,41?,42?;2*7-,9+,10+,11-,14+,18+,19+,40?,41?/m000/s1. The van der Waals surface area contributed by atoms with Gasteiger partial charge in [0.25, 0.3) is 16.7 Å². The average molecular weight is 2110 g/mol. The zero-order chi connectivity index (χ0) is 92.9. The van der Waals surface area contributed by atoms with Gasteiger partial charge >= 0.3 is 40.7 Å². The number of H-pyrrole nitrogens is 3. The molecule has 0 aromatic carbocycles. The summed E-state index contributed by atoms with van der Waals surface area (Å²) in [7, 11) is -3.99. The molecule has 708 valence electrons. The molecule has 0 saturated carbocycles. The van der Waals surface area contributed by atoms with Gasteiger partial charge in [0.05, 0.1) is 94.0 Å². The van der Waals surface area contributed by atoms with Crippen LogP contribution < -0.4 is 51.1 Å². The first-order chi connectivity index (χ1) is 62.7. The summed E-state index contributed by atoms with van der Waals surface area (Å²) in [5.74, 6) is -0.384. The number of thiol groups is 1. The van der Waals surface area contributed by atoms with E-state index in [0.29, 0.717) is 16.7 Å². The van der Waals surface area contributed by atoms with E-state index >= 15 is 13.2 Å². The third-order valence-electron chi connectivity index (χ3n) is 21.7. The van der Waals surface area contributed by atoms with Gasteiger partial charge in [0.1, 0.15) is 59.6 Å². The van der Waals surface area contributed by atoms with Crippen molar-refractivity contribution in [2.24, 2.45) is 0 Å². The van der Waals surface area contributed by atoms with Crippen LogP contribution >= 0.6 is 76.5 Å². The van der Waals surface area contributed by atoms with Crippen molar-refractivity contribution in [2.75, 3.05) is 74.0 Å². The van der Waals surface area contributed by atoms with E-state index in [1.54, 1.807) is 27.5 Å². The number of aromatic amines is 3. The molecular formula is C62H72F3N28O25P6S8+. The molecule has 21 rings (SSSR count). The van der Waals surface area contributed by atoms with E-state index in [9.17, 15) is 43.7 Å². The molecule has 0 radical (unpaired) electrons. The Balaban J connectivity index is 0.000000128. The van der Waals surface area contributed by atoms with Crippen molar-refractivity contribution in [3.05, 3.63) is 99.1 Å². The monoisotopic (exact) mass is 2110 g/mol. The summed E-state index contributed by atoms with van der Waals surface area (Å²) < 4.78 is 149. The van der Waals surface area contributed by atoms with E-state index < -0.39 is 203 Å². The molecule has 53 nitrogen and oxygen atoms in total. The number of alkyl halides is 3. The minimum atomic E-state index is -4.07. The highest BCUT2D eigenvalue weighted by molar-refractivity contribution is 8.47. The second-order valence-electron chi connectivity index (χ2n) is 30.3. The first kappa shape index (κ1) is 94.3. The van der Waals surface area contributed by atoms with E-state index in [0.717, 1.165) is 9.36 Å². The number of halogens is 3. The van der Waals surface area contributed by atoms with Crippen LogP contribution in [0.2, 0.25) is 0 Å². The number of fused-ring (bicyclic) bond motifs is 15. The number of nitrogen functional groups attached to an aromatic ring is 6. The number of hydrogen-bond donors (Lipinski definition) is 16. The van der Waals surface area contributed by atoms with E-state index in [1.807, 2.05) is 0 Å². The van der Waals surface area contributed by atoms with Crippen LogP contribution in [0.15, 0.2) is 82.4 Å². The normalized spacial score (nSPS) is 36.6. The molecule has 132 heavy (non-hydrogen) atoms. The molecule has 9 aliphatic heterocycles. The Morgan fingerprint density at radius 3 is 1.30 bits per heavy atom. The Morgan fingerprint density at radius 2 is 0.833 bits per heavy atom. The second kappa shape index (κ2) is 36.6. The van der Waals surface area contributed by atoms with Gasteiger partial charge < -0.3 is 119 Å². The quantitative estimate of drug-likeness (QED) is 0.0840.